The summed E-state index contributed by atoms with van der Waals surface area (Å²) in [5.74, 6) is 22.1. The Balaban J connectivity index is 1.15. The SMILES string of the molecule is NNC(=O)c1ccc(-c2cc(-c3ccc(C(=O)NN)c(OCc4ccccc4)c3)c3ccc4c(-c5ccc(C(=O)NN)c(OCc6ccccc6)c5)cc(-c5ccc(C(=O)NN)c(OCc6ccccc6)c5)c5ccc2c3c54)cc1OCc1ccccc1. The molecule has 0 radical (unpaired) electrons. The summed E-state index contributed by atoms with van der Waals surface area (Å²) in [5, 5.41) is 5.08. The van der Waals surface area contributed by atoms with Crippen molar-refractivity contribution in [3.63, 3.8) is 0 Å². The van der Waals surface area contributed by atoms with Crippen molar-refractivity contribution in [3.8, 4) is 67.5 Å². The van der Waals surface area contributed by atoms with Gasteiger partial charge in [-0.05, 0) is 160 Å². The lowest BCUT2D eigenvalue weighted by Crippen LogP contribution is -2.30. The number of hydrogen-bond donors (Lipinski definition) is 8. The van der Waals surface area contributed by atoms with E-state index in [0.29, 0.717) is 45.3 Å². The van der Waals surface area contributed by atoms with Crippen LogP contribution in [0.1, 0.15) is 63.7 Å². The zero-order valence-corrected chi connectivity index (χ0v) is 47.3. The van der Waals surface area contributed by atoms with E-state index in [9.17, 15) is 19.2 Å². The van der Waals surface area contributed by atoms with Gasteiger partial charge in [0.25, 0.3) is 23.6 Å². The van der Waals surface area contributed by atoms with Crippen LogP contribution in [0.15, 0.2) is 231 Å². The predicted octanol–water partition coefficient (Wildman–Crippen LogP) is 12.0. The van der Waals surface area contributed by atoms with Crippen molar-refractivity contribution in [2.24, 2.45) is 23.4 Å². The molecule has 12 N–H and O–H groups in total. The van der Waals surface area contributed by atoms with Gasteiger partial charge < -0.3 is 18.9 Å². The molecule has 0 aromatic heterocycles. The van der Waals surface area contributed by atoms with Gasteiger partial charge in [-0.3, -0.25) is 40.9 Å². The first-order valence-electron chi connectivity index (χ1n) is 28.2. The monoisotopic (exact) mass is 1160 g/mol. The van der Waals surface area contributed by atoms with E-state index < -0.39 is 23.6 Å². The van der Waals surface area contributed by atoms with Crippen LogP contribution in [0, 0.1) is 0 Å². The maximum absolute atomic E-state index is 13.5. The van der Waals surface area contributed by atoms with Gasteiger partial charge in [-0.25, -0.2) is 23.4 Å². The number of benzene rings is 12. The third kappa shape index (κ3) is 11.6. The molecule has 0 aliphatic heterocycles. The van der Waals surface area contributed by atoms with E-state index in [4.69, 9.17) is 42.3 Å². The Bertz CT molecular complexity index is 4020. The number of hydrogen-bond acceptors (Lipinski definition) is 12. The smallest absolute Gasteiger partial charge is 0.268 e. The van der Waals surface area contributed by atoms with Gasteiger partial charge in [-0.2, -0.15) is 0 Å². The number of rotatable bonds is 20. The van der Waals surface area contributed by atoms with E-state index in [1.54, 1.807) is 24.3 Å². The fraction of sp³-hybridized carbons (Fsp3) is 0.0556. The van der Waals surface area contributed by atoms with Gasteiger partial charge in [-0.15, -0.1) is 0 Å². The van der Waals surface area contributed by atoms with Crippen LogP contribution in [0.25, 0.3) is 76.8 Å². The minimum absolute atomic E-state index is 0.159. The summed E-state index contributed by atoms with van der Waals surface area (Å²) < 4.78 is 26.0. The van der Waals surface area contributed by atoms with Crippen LogP contribution in [0.3, 0.4) is 0 Å². The number of carbonyl (C=O) groups excluding carboxylic acids is 4. The molecule has 12 aromatic carbocycles. The van der Waals surface area contributed by atoms with Crippen molar-refractivity contribution in [1.29, 1.82) is 0 Å². The molecule has 0 bridgehead atoms. The largest absolute Gasteiger partial charge is 0.488 e. The van der Waals surface area contributed by atoms with E-state index >= 15 is 0 Å². The number of nitrogens with one attached hydrogen (secondary N) is 4. The van der Waals surface area contributed by atoms with Gasteiger partial charge in [0, 0.05) is 0 Å². The minimum atomic E-state index is -0.536. The highest BCUT2D eigenvalue weighted by Gasteiger charge is 2.26. The van der Waals surface area contributed by atoms with E-state index in [2.05, 4.69) is 58.1 Å². The molecule has 4 amide bonds. The third-order valence-corrected chi connectivity index (χ3v) is 15.5. The summed E-state index contributed by atoms with van der Waals surface area (Å²) in [4.78, 5) is 54.0. The summed E-state index contributed by atoms with van der Waals surface area (Å²) in [6, 6.07) is 72.7. The van der Waals surface area contributed by atoms with Crippen molar-refractivity contribution >= 4 is 55.9 Å². The maximum atomic E-state index is 13.5. The zero-order chi connectivity index (χ0) is 60.7. The molecule has 12 rings (SSSR count). The van der Waals surface area contributed by atoms with Crippen LogP contribution < -0.4 is 64.0 Å². The number of ether oxygens (including phenoxy) is 4. The number of hydrazine groups is 4. The molecule has 434 valence electrons. The molecule has 0 saturated carbocycles. The maximum Gasteiger partial charge on any atom is 0.268 e. The van der Waals surface area contributed by atoms with Gasteiger partial charge in [0.2, 0.25) is 0 Å². The van der Waals surface area contributed by atoms with Crippen LogP contribution in [0.2, 0.25) is 0 Å². The average Bonchev–Trinajstić information content (AvgIpc) is 0.759. The van der Waals surface area contributed by atoms with Gasteiger partial charge in [0.1, 0.15) is 49.4 Å². The molecule has 0 heterocycles. The van der Waals surface area contributed by atoms with Gasteiger partial charge >= 0.3 is 0 Å². The molecule has 16 nitrogen and oxygen atoms in total. The summed E-state index contributed by atoms with van der Waals surface area (Å²) in [7, 11) is 0. The van der Waals surface area contributed by atoms with Crippen LogP contribution in [0.4, 0.5) is 0 Å². The molecule has 88 heavy (non-hydrogen) atoms. The Morgan fingerprint density at radius 1 is 0.273 bits per heavy atom. The first-order chi connectivity index (χ1) is 43.1. The van der Waals surface area contributed by atoms with Crippen molar-refractivity contribution in [2.75, 3.05) is 0 Å². The van der Waals surface area contributed by atoms with E-state index in [1.807, 2.05) is 170 Å². The van der Waals surface area contributed by atoms with E-state index in [0.717, 1.165) is 76.8 Å². The predicted molar refractivity (Wildman–Crippen MR) is 342 cm³/mol. The topological polar surface area (TPSA) is 257 Å². The van der Waals surface area contributed by atoms with Crippen molar-refractivity contribution < 1.29 is 38.1 Å². The summed E-state index contributed by atoms with van der Waals surface area (Å²) in [5.41, 5.74) is 19.5. The second-order valence-corrected chi connectivity index (χ2v) is 20.8. The highest BCUT2D eigenvalue weighted by molar-refractivity contribution is 6.32. The van der Waals surface area contributed by atoms with Crippen molar-refractivity contribution in [2.45, 2.75) is 26.4 Å². The Morgan fingerprint density at radius 3 is 0.693 bits per heavy atom. The molecule has 0 saturated heterocycles. The molecule has 0 unspecified atom stereocenters. The Labute approximate surface area is 505 Å². The lowest BCUT2D eigenvalue weighted by Gasteiger charge is -2.23. The fourth-order valence-corrected chi connectivity index (χ4v) is 11.2. The van der Waals surface area contributed by atoms with Crippen LogP contribution in [-0.2, 0) is 26.4 Å². The third-order valence-electron chi connectivity index (χ3n) is 15.5. The molecule has 0 atom stereocenters. The molecular weight excluding hydrogens is 1100 g/mol. The van der Waals surface area contributed by atoms with Crippen molar-refractivity contribution in [1.82, 2.24) is 21.7 Å². The summed E-state index contributed by atoms with van der Waals surface area (Å²) in [6.45, 7) is 0.638. The Kier molecular flexibility index (Phi) is 16.5. The molecule has 0 aliphatic rings. The summed E-state index contributed by atoms with van der Waals surface area (Å²) in [6.07, 6.45) is 0. The normalized spacial score (nSPS) is 11.1. The first kappa shape index (κ1) is 57.1. The average molecular weight is 1160 g/mol. The number of carbonyl (C=O) groups is 4. The highest BCUT2D eigenvalue weighted by Crippen LogP contribution is 2.50. The molecular formula is C72H58N8O8. The molecule has 0 fully saturated rings. The van der Waals surface area contributed by atoms with Crippen molar-refractivity contribution in [3.05, 3.63) is 275 Å². The zero-order valence-electron chi connectivity index (χ0n) is 47.3. The number of nitrogen functional groups attached to an aromatic ring is 4. The second-order valence-electron chi connectivity index (χ2n) is 20.8. The van der Waals surface area contributed by atoms with E-state index in [1.165, 1.54) is 0 Å². The Hall–Kier alpha value is -11.4. The highest BCUT2D eigenvalue weighted by atomic mass is 16.5. The van der Waals surface area contributed by atoms with Crippen LogP contribution >= 0.6 is 0 Å². The van der Waals surface area contributed by atoms with E-state index in [-0.39, 0.29) is 48.7 Å². The molecule has 16 heteroatoms. The quantitative estimate of drug-likeness (QED) is 0.0153. The fourth-order valence-electron chi connectivity index (χ4n) is 11.2. The standard InChI is InChI=1S/C72H58N8O8/c73-77-69(81)55-25-21-47(33-63(55)85-39-43-13-5-1-6-14-43)59-37-60(48-22-26-56(70(82)78-74)64(34-48)86-40-44-15-7-2-8-16-44)52-31-32-54-62(50-24-28-58(72(84)80-76)66(36-50)88-42-46-19-11-4-12-20-46)38-61(53-30-29-51(59)67(52)68(53)54)49-23-27-57(71(83)79-75)65(35-49)87-41-45-17-9-3-10-18-45/h1-38H,39-42,73-76H2,(H,77,81)(H,78,82)(H,79,83)(H,80,84). The van der Waals surface area contributed by atoms with Gasteiger partial charge in [-0.1, -0.05) is 170 Å². The van der Waals surface area contributed by atoms with Gasteiger partial charge in [0.05, 0.1) is 22.3 Å². The van der Waals surface area contributed by atoms with Gasteiger partial charge in [0.15, 0.2) is 0 Å². The first-order valence-corrected chi connectivity index (χ1v) is 28.2. The molecule has 0 spiro atoms. The van der Waals surface area contributed by atoms with Crippen LogP contribution in [-0.4, -0.2) is 23.6 Å². The minimum Gasteiger partial charge on any atom is -0.488 e. The number of nitrogens with two attached hydrogens (primary N) is 4. The molecule has 12 aromatic rings. The second kappa shape index (κ2) is 25.4. The van der Waals surface area contributed by atoms with Crippen LogP contribution in [0.5, 0.6) is 23.0 Å². The lowest BCUT2D eigenvalue weighted by atomic mass is 9.81. The Morgan fingerprint density at radius 2 is 0.489 bits per heavy atom. The number of amides is 4. The lowest BCUT2D eigenvalue weighted by molar-refractivity contribution is 0.0941. The summed E-state index contributed by atoms with van der Waals surface area (Å²) >= 11 is 0. The molecule has 0 aliphatic carbocycles.